The molecule has 17 heteroatoms. The van der Waals surface area contributed by atoms with Crippen LogP contribution in [0.1, 0.15) is 0 Å². The molecule has 13 nitrogen and oxygen atoms in total. The number of anilines is 2. The molecular weight excluding hydrogens is 972 g/mol. The zero-order chi connectivity index (χ0) is 44.4. The standard InChI is InChI=1S/2C24H17N4O2S.2Ga.O/c29-31(30,19-12-5-2-6-13-19)27-21-15-8-7-14-20(21)24-26-23-22(16-9-17-25-23)28(24)18-10-3-1-4-11-18;29-31(30,19-12-5-2-6-13-19)27-21-15-8-7-14-20(21)23-26-22-16-9-17-25-24(22)28(23)18-10-3-1-4-11-18;;;/h2*1-17H;;;/q2*-1;2*+1;. The number of fused-ring (bicyclic) bond motifs is 2. The zero-order valence-electron chi connectivity index (χ0n) is 34.2. The molecule has 0 aliphatic rings. The number of sulfonamides is 2. The van der Waals surface area contributed by atoms with Gasteiger partial charge in [0.15, 0.2) is 0 Å². The van der Waals surface area contributed by atoms with Crippen LogP contribution in [0.4, 0.5) is 11.4 Å². The van der Waals surface area contributed by atoms with Crippen LogP contribution < -0.4 is 6.02 Å². The Labute approximate surface area is 391 Å². The fourth-order valence-corrected chi connectivity index (χ4v) is 20.8. The summed E-state index contributed by atoms with van der Waals surface area (Å²) in [6, 6.07) is 57.4. The van der Waals surface area contributed by atoms with Gasteiger partial charge in [-0.15, -0.1) is 0 Å². The van der Waals surface area contributed by atoms with Crippen LogP contribution in [0.5, 0.6) is 0 Å². The first-order chi connectivity index (χ1) is 31.8. The average molecular weight is 1010 g/mol. The normalized spacial score (nSPS) is 11.7. The van der Waals surface area contributed by atoms with E-state index in [1.807, 2.05) is 112 Å². The first-order valence-electron chi connectivity index (χ1n) is 20.3. The van der Waals surface area contributed by atoms with Gasteiger partial charge in [0.2, 0.25) is 0 Å². The van der Waals surface area contributed by atoms with Crippen molar-refractivity contribution in [2.45, 2.75) is 9.79 Å². The first kappa shape index (κ1) is 42.3. The number of para-hydroxylation sites is 4. The molecule has 0 bridgehead atoms. The van der Waals surface area contributed by atoms with E-state index in [-0.39, 0.29) is 9.79 Å². The number of hydrogen-bond donors (Lipinski definition) is 0. The Hall–Kier alpha value is -6.71. The molecule has 0 spiro atoms. The van der Waals surface area contributed by atoms with E-state index in [0.717, 1.165) is 16.9 Å². The second-order valence-electron chi connectivity index (χ2n) is 14.5. The van der Waals surface area contributed by atoms with E-state index in [1.165, 1.54) is 6.02 Å². The van der Waals surface area contributed by atoms with Gasteiger partial charge in [0.25, 0.3) is 0 Å². The minimum atomic E-state index is -4.28. The second kappa shape index (κ2) is 18.0. The second-order valence-corrected chi connectivity index (χ2v) is 26.3. The van der Waals surface area contributed by atoms with Crippen molar-refractivity contribution in [2.24, 2.45) is 0 Å². The average Bonchev–Trinajstić information content (AvgIpc) is 3.95. The Kier molecular flexibility index (Phi) is 11.7. The molecule has 4 heterocycles. The number of hydrogen-bond acceptors (Lipinski definition) is 9. The van der Waals surface area contributed by atoms with Crippen LogP contribution in [-0.2, 0) is 22.4 Å². The van der Waals surface area contributed by atoms with E-state index in [0.29, 0.717) is 51.0 Å². The number of imidazole rings is 2. The van der Waals surface area contributed by atoms with Crippen molar-refractivity contribution in [3.05, 3.63) is 207 Å². The molecular formula is C48H34Ga2N8O5S2. The van der Waals surface area contributed by atoms with Crippen LogP contribution in [0.2, 0.25) is 0 Å². The fourth-order valence-electron chi connectivity index (χ4n) is 7.59. The van der Waals surface area contributed by atoms with Gasteiger partial charge in [0.05, 0.1) is 0 Å². The van der Waals surface area contributed by atoms with Crippen LogP contribution in [0.15, 0.2) is 216 Å². The molecule has 0 aliphatic heterocycles. The summed E-state index contributed by atoms with van der Waals surface area (Å²) in [6.45, 7) is 0. The monoisotopic (exact) mass is 1000 g/mol. The SMILES string of the molecule is O=S(=O)(c1ccccc1)[N]([Ga][O][Ga][N](c1ccccc1-c1nc2cccnc2n1-c1ccccc1)S(=O)(=O)c1ccccc1)c1ccccc1-c1nc2ncccc2n1-c1ccccc1. The van der Waals surface area contributed by atoms with Crippen molar-refractivity contribution in [2.75, 3.05) is 6.02 Å². The zero-order valence-corrected chi connectivity index (χ0v) is 40.7. The molecule has 2 radical (unpaired) electrons. The van der Waals surface area contributed by atoms with Crippen molar-refractivity contribution in [1.29, 1.82) is 0 Å². The summed E-state index contributed by atoms with van der Waals surface area (Å²) in [7, 11) is -8.57. The van der Waals surface area contributed by atoms with Crippen LogP contribution in [-0.4, -0.2) is 81.9 Å². The van der Waals surface area contributed by atoms with Crippen LogP contribution in [0.3, 0.4) is 0 Å². The first-order valence-corrected chi connectivity index (χ1v) is 27.3. The van der Waals surface area contributed by atoms with Gasteiger partial charge in [-0.3, -0.25) is 0 Å². The molecule has 0 fully saturated rings. The van der Waals surface area contributed by atoms with Gasteiger partial charge in [0.1, 0.15) is 0 Å². The summed E-state index contributed by atoms with van der Waals surface area (Å²) in [6.07, 6.45) is 3.36. The molecule has 0 amide bonds. The number of aromatic nitrogens is 6. The summed E-state index contributed by atoms with van der Waals surface area (Å²) in [5, 5.41) is 0. The number of benzene rings is 6. The molecule has 10 rings (SSSR count). The minimum absolute atomic E-state index is 0.0603. The van der Waals surface area contributed by atoms with Gasteiger partial charge in [-0.05, 0) is 0 Å². The Morgan fingerprint density at radius 1 is 0.446 bits per heavy atom. The molecule has 0 N–H and O–H groups in total. The molecule has 6 aromatic carbocycles. The van der Waals surface area contributed by atoms with Gasteiger partial charge in [-0.1, -0.05) is 0 Å². The third-order valence-corrected chi connectivity index (χ3v) is 23.2. The van der Waals surface area contributed by atoms with E-state index < -0.39 is 56.1 Å². The maximum atomic E-state index is 15.0. The number of nitrogens with zero attached hydrogens (tertiary/aromatic N) is 8. The van der Waals surface area contributed by atoms with Crippen LogP contribution in [0, 0.1) is 0 Å². The Morgan fingerprint density at radius 3 is 1.45 bits per heavy atom. The third kappa shape index (κ3) is 8.07. The van der Waals surface area contributed by atoms with Crippen LogP contribution in [0.25, 0.3) is 56.5 Å². The van der Waals surface area contributed by atoms with Crippen molar-refractivity contribution in [1.82, 2.24) is 29.1 Å². The summed E-state index contributed by atoms with van der Waals surface area (Å²) in [4.78, 5) is 19.3. The maximum absolute atomic E-state index is 15.0. The summed E-state index contributed by atoms with van der Waals surface area (Å²) in [5.74, 6) is 0.949. The summed E-state index contributed by atoms with van der Waals surface area (Å²) >= 11 is -5.17. The predicted octanol–water partition coefficient (Wildman–Crippen LogP) is 8.66. The Balaban J connectivity index is 1.11. The van der Waals surface area contributed by atoms with E-state index in [4.69, 9.17) is 12.3 Å². The third-order valence-electron chi connectivity index (χ3n) is 10.6. The van der Waals surface area contributed by atoms with E-state index in [9.17, 15) is 0 Å². The van der Waals surface area contributed by atoms with E-state index in [2.05, 4.69) is 9.97 Å². The van der Waals surface area contributed by atoms with Crippen molar-refractivity contribution < 1.29 is 19.2 Å². The van der Waals surface area contributed by atoms with Gasteiger partial charge in [-0.25, -0.2) is 0 Å². The van der Waals surface area contributed by atoms with Crippen LogP contribution >= 0.6 is 0 Å². The molecule has 0 saturated heterocycles. The summed E-state index contributed by atoms with van der Waals surface area (Å²) < 4.78 is 73.3. The predicted molar refractivity (Wildman–Crippen MR) is 253 cm³/mol. The number of pyridine rings is 2. The molecule has 4 aromatic heterocycles. The molecule has 0 unspecified atom stereocenters. The Bertz CT molecular complexity index is 3300. The van der Waals surface area contributed by atoms with Gasteiger partial charge in [-0.2, -0.15) is 0 Å². The Morgan fingerprint density at radius 2 is 0.892 bits per heavy atom. The molecule has 10 aromatic rings. The molecule has 0 saturated carbocycles. The molecule has 65 heavy (non-hydrogen) atoms. The quantitative estimate of drug-likeness (QED) is 0.0978. The van der Waals surface area contributed by atoms with Crippen molar-refractivity contribution in [3.8, 4) is 34.2 Å². The fraction of sp³-hybridized carbons (Fsp3) is 0. The van der Waals surface area contributed by atoms with E-state index in [1.54, 1.807) is 103 Å². The topological polar surface area (TPSA) is 145 Å². The van der Waals surface area contributed by atoms with E-state index >= 15 is 16.8 Å². The number of rotatable bonds is 14. The van der Waals surface area contributed by atoms with Gasteiger partial charge < -0.3 is 0 Å². The van der Waals surface area contributed by atoms with Gasteiger partial charge in [0, 0.05) is 0 Å². The van der Waals surface area contributed by atoms with Gasteiger partial charge >= 0.3 is 394 Å². The molecule has 314 valence electrons. The van der Waals surface area contributed by atoms with Crippen molar-refractivity contribution >= 4 is 89.8 Å². The molecule has 0 atom stereocenters. The molecule has 0 aliphatic carbocycles. The van der Waals surface area contributed by atoms with Crippen molar-refractivity contribution in [3.63, 3.8) is 0 Å². The summed E-state index contributed by atoms with van der Waals surface area (Å²) in [5.41, 5.74) is 5.75.